The van der Waals surface area contributed by atoms with Crippen LogP contribution in [0.3, 0.4) is 0 Å². The second-order valence-electron chi connectivity index (χ2n) is 6.84. The van der Waals surface area contributed by atoms with Gasteiger partial charge in [-0.25, -0.2) is 5.10 Å². The lowest BCUT2D eigenvalue weighted by Gasteiger charge is -2.11. The fourth-order valence-corrected chi connectivity index (χ4v) is 3.30. The number of amides is 1. The molecule has 144 valence electrons. The summed E-state index contributed by atoms with van der Waals surface area (Å²) >= 11 is 0. The minimum atomic E-state index is -0.257. The highest BCUT2D eigenvalue weighted by Crippen LogP contribution is 2.21. The van der Waals surface area contributed by atoms with Crippen LogP contribution in [0, 0.1) is 13.8 Å². The smallest absolute Gasteiger partial charge is 0.264 e. The summed E-state index contributed by atoms with van der Waals surface area (Å²) < 4.78 is 2.14. The van der Waals surface area contributed by atoms with E-state index in [0.717, 1.165) is 22.6 Å². The standard InChI is InChI=1S/C23H20N4O2/c1-15-6-7-16(2)27(15)20-10-8-17(9-11-20)23(29)24-19-5-3-4-18(14-19)21-12-13-22(28)26-25-21/h3-14H,1-2H3,(H,24,29)(H,26,28). The Hall–Kier alpha value is -3.93. The Balaban J connectivity index is 1.53. The largest absolute Gasteiger partial charge is 0.322 e. The normalized spacial score (nSPS) is 10.7. The quantitative estimate of drug-likeness (QED) is 0.556. The molecule has 0 aliphatic carbocycles. The van der Waals surface area contributed by atoms with Gasteiger partial charge in [0.05, 0.1) is 5.69 Å². The maximum atomic E-state index is 12.7. The van der Waals surface area contributed by atoms with E-state index in [1.807, 2.05) is 48.5 Å². The van der Waals surface area contributed by atoms with Crippen LogP contribution in [-0.4, -0.2) is 20.7 Å². The number of nitrogens with zero attached hydrogens (tertiary/aromatic N) is 2. The molecule has 0 unspecified atom stereocenters. The molecule has 0 atom stereocenters. The number of carbonyl (C=O) groups is 1. The van der Waals surface area contributed by atoms with Crippen molar-refractivity contribution in [1.82, 2.24) is 14.8 Å². The monoisotopic (exact) mass is 384 g/mol. The second-order valence-corrected chi connectivity index (χ2v) is 6.84. The van der Waals surface area contributed by atoms with Gasteiger partial charge in [0.2, 0.25) is 0 Å². The summed E-state index contributed by atoms with van der Waals surface area (Å²) in [5, 5.41) is 9.35. The van der Waals surface area contributed by atoms with Crippen LogP contribution in [-0.2, 0) is 0 Å². The van der Waals surface area contributed by atoms with Crippen LogP contribution in [0.4, 0.5) is 5.69 Å². The Morgan fingerprint density at radius 2 is 1.66 bits per heavy atom. The summed E-state index contributed by atoms with van der Waals surface area (Å²) in [4.78, 5) is 23.8. The molecule has 1 amide bonds. The van der Waals surface area contributed by atoms with Crippen molar-refractivity contribution in [2.45, 2.75) is 13.8 Å². The summed E-state index contributed by atoms with van der Waals surface area (Å²) in [6.07, 6.45) is 0. The van der Waals surface area contributed by atoms with E-state index in [2.05, 4.69) is 46.1 Å². The van der Waals surface area contributed by atoms with Gasteiger partial charge in [-0.1, -0.05) is 12.1 Å². The highest BCUT2D eigenvalue weighted by molar-refractivity contribution is 6.04. The van der Waals surface area contributed by atoms with Crippen LogP contribution in [0.2, 0.25) is 0 Å². The number of carbonyl (C=O) groups excluding carboxylic acids is 1. The first kappa shape index (κ1) is 18.4. The molecule has 0 saturated heterocycles. The van der Waals surface area contributed by atoms with Crippen molar-refractivity contribution in [3.05, 3.63) is 100 Å². The third kappa shape index (κ3) is 3.87. The molecule has 0 bridgehead atoms. The lowest BCUT2D eigenvalue weighted by molar-refractivity contribution is 0.102. The number of hydrogen-bond donors (Lipinski definition) is 2. The van der Waals surface area contributed by atoms with E-state index in [1.165, 1.54) is 6.07 Å². The van der Waals surface area contributed by atoms with E-state index >= 15 is 0 Å². The second kappa shape index (κ2) is 7.59. The Morgan fingerprint density at radius 3 is 2.31 bits per heavy atom. The maximum Gasteiger partial charge on any atom is 0.264 e. The highest BCUT2D eigenvalue weighted by Gasteiger charge is 2.09. The molecule has 2 N–H and O–H groups in total. The molecule has 0 radical (unpaired) electrons. The van der Waals surface area contributed by atoms with E-state index in [4.69, 9.17) is 0 Å². The minimum absolute atomic E-state index is 0.191. The Labute approximate surface area is 167 Å². The van der Waals surface area contributed by atoms with E-state index < -0.39 is 0 Å². The Kier molecular flexibility index (Phi) is 4.83. The third-order valence-corrected chi connectivity index (χ3v) is 4.75. The zero-order valence-electron chi connectivity index (χ0n) is 16.1. The van der Waals surface area contributed by atoms with Gasteiger partial charge in [-0.3, -0.25) is 9.59 Å². The van der Waals surface area contributed by atoms with E-state index in [-0.39, 0.29) is 11.5 Å². The molecule has 4 aromatic rings. The number of aromatic nitrogens is 3. The molecule has 29 heavy (non-hydrogen) atoms. The average Bonchev–Trinajstić information content (AvgIpc) is 3.07. The lowest BCUT2D eigenvalue weighted by atomic mass is 10.1. The van der Waals surface area contributed by atoms with Gasteiger partial charge in [0, 0.05) is 40.0 Å². The Morgan fingerprint density at radius 1 is 0.931 bits per heavy atom. The van der Waals surface area contributed by atoms with Gasteiger partial charge < -0.3 is 9.88 Å². The number of aryl methyl sites for hydroxylation is 2. The molecule has 4 rings (SSSR count). The highest BCUT2D eigenvalue weighted by atomic mass is 16.1. The van der Waals surface area contributed by atoms with Crippen LogP contribution in [0.1, 0.15) is 21.7 Å². The Bertz CT molecular complexity index is 1200. The van der Waals surface area contributed by atoms with Crippen molar-refractivity contribution in [1.29, 1.82) is 0 Å². The minimum Gasteiger partial charge on any atom is -0.322 e. The number of hydrogen-bond acceptors (Lipinski definition) is 3. The molecule has 0 spiro atoms. The van der Waals surface area contributed by atoms with Crippen molar-refractivity contribution in [2.24, 2.45) is 0 Å². The van der Waals surface area contributed by atoms with Crippen LogP contribution in [0.25, 0.3) is 16.9 Å². The van der Waals surface area contributed by atoms with E-state index in [0.29, 0.717) is 16.9 Å². The van der Waals surface area contributed by atoms with Crippen molar-refractivity contribution >= 4 is 11.6 Å². The van der Waals surface area contributed by atoms with Crippen LogP contribution in [0.15, 0.2) is 77.6 Å². The van der Waals surface area contributed by atoms with Crippen molar-refractivity contribution in [2.75, 3.05) is 5.32 Å². The topological polar surface area (TPSA) is 79.8 Å². The van der Waals surface area contributed by atoms with Gasteiger partial charge in [-0.2, -0.15) is 5.10 Å². The molecule has 0 aliphatic rings. The first-order valence-corrected chi connectivity index (χ1v) is 9.24. The molecule has 0 aliphatic heterocycles. The summed E-state index contributed by atoms with van der Waals surface area (Å²) in [6.45, 7) is 4.11. The molecule has 0 saturated carbocycles. The predicted octanol–water partition coefficient (Wildman–Crippen LogP) is 4.10. The zero-order valence-corrected chi connectivity index (χ0v) is 16.1. The van der Waals surface area contributed by atoms with Crippen LogP contribution >= 0.6 is 0 Å². The van der Waals surface area contributed by atoms with Gasteiger partial charge in [0.15, 0.2) is 0 Å². The summed E-state index contributed by atoms with van der Waals surface area (Å²) in [5.41, 5.74) is 5.71. The molecule has 6 nitrogen and oxygen atoms in total. The first-order chi connectivity index (χ1) is 14.0. The van der Waals surface area contributed by atoms with E-state index in [1.54, 1.807) is 6.07 Å². The molecular weight excluding hydrogens is 364 g/mol. The van der Waals surface area contributed by atoms with Crippen LogP contribution in [0.5, 0.6) is 0 Å². The number of H-pyrrole nitrogens is 1. The number of rotatable bonds is 4. The zero-order chi connectivity index (χ0) is 20.4. The summed E-state index contributed by atoms with van der Waals surface area (Å²) in [5.74, 6) is -0.191. The van der Waals surface area contributed by atoms with Crippen molar-refractivity contribution in [3.8, 4) is 16.9 Å². The van der Waals surface area contributed by atoms with Gasteiger partial charge in [-0.15, -0.1) is 0 Å². The average molecular weight is 384 g/mol. The van der Waals surface area contributed by atoms with Gasteiger partial charge in [0.1, 0.15) is 0 Å². The first-order valence-electron chi connectivity index (χ1n) is 9.24. The van der Waals surface area contributed by atoms with Crippen molar-refractivity contribution < 1.29 is 4.79 Å². The van der Waals surface area contributed by atoms with Gasteiger partial charge in [-0.05, 0) is 68.4 Å². The number of benzene rings is 2. The van der Waals surface area contributed by atoms with Gasteiger partial charge in [0.25, 0.3) is 11.5 Å². The fraction of sp³-hybridized carbons (Fsp3) is 0.0870. The predicted molar refractivity (Wildman–Crippen MR) is 113 cm³/mol. The maximum absolute atomic E-state index is 12.7. The third-order valence-electron chi connectivity index (χ3n) is 4.75. The van der Waals surface area contributed by atoms with Crippen LogP contribution < -0.4 is 10.9 Å². The summed E-state index contributed by atoms with van der Waals surface area (Å²) in [7, 11) is 0. The fourth-order valence-electron chi connectivity index (χ4n) is 3.30. The summed E-state index contributed by atoms with van der Waals surface area (Å²) in [6, 6.07) is 22.0. The molecule has 2 aromatic heterocycles. The molecule has 6 heteroatoms. The van der Waals surface area contributed by atoms with Crippen molar-refractivity contribution in [3.63, 3.8) is 0 Å². The molecular formula is C23H20N4O2. The SMILES string of the molecule is Cc1ccc(C)n1-c1ccc(C(=O)Nc2cccc(-c3ccc(=O)[nH]n3)c2)cc1. The number of nitrogens with one attached hydrogen (secondary N) is 2. The molecule has 2 aromatic carbocycles. The van der Waals surface area contributed by atoms with Gasteiger partial charge >= 0.3 is 0 Å². The lowest BCUT2D eigenvalue weighted by Crippen LogP contribution is -2.12. The molecule has 0 fully saturated rings. The number of anilines is 1. The number of aromatic amines is 1. The molecule has 2 heterocycles. The van der Waals surface area contributed by atoms with E-state index in [9.17, 15) is 9.59 Å².